The van der Waals surface area contributed by atoms with Crippen molar-refractivity contribution in [3.63, 3.8) is 0 Å². The predicted octanol–water partition coefficient (Wildman–Crippen LogP) is 2.46. The summed E-state index contributed by atoms with van der Waals surface area (Å²) in [5.41, 5.74) is 0.475. The molecule has 0 aromatic carbocycles. The molecule has 16 heavy (non-hydrogen) atoms. The van der Waals surface area contributed by atoms with Crippen LogP contribution in [0.1, 0.15) is 32.1 Å². The summed E-state index contributed by atoms with van der Waals surface area (Å²) in [4.78, 5) is 14.4. The molecular weight excluding hydrogens is 198 g/mol. The number of carbonyl (C=O) groups is 1. The number of carbonyl (C=O) groups excluding carboxylic acids is 1. The minimum Gasteiger partial charge on any atom is -0.296 e. The lowest BCUT2D eigenvalue weighted by Gasteiger charge is -2.45. The summed E-state index contributed by atoms with van der Waals surface area (Å²) in [7, 11) is 2.07. The van der Waals surface area contributed by atoms with Crippen LogP contribution < -0.4 is 0 Å². The highest BCUT2D eigenvalue weighted by Crippen LogP contribution is 2.40. The smallest absolute Gasteiger partial charge is 0.175 e. The first-order valence-corrected chi connectivity index (χ1v) is 6.36. The van der Waals surface area contributed by atoms with Crippen molar-refractivity contribution in [3.05, 3.63) is 19.1 Å². The lowest BCUT2D eigenvalue weighted by atomic mass is 9.69. The van der Waals surface area contributed by atoms with E-state index < -0.39 is 0 Å². The fourth-order valence-corrected chi connectivity index (χ4v) is 3.45. The van der Waals surface area contributed by atoms with Crippen LogP contribution in [0.25, 0.3) is 0 Å². The lowest BCUT2D eigenvalue weighted by Crippen LogP contribution is -2.52. The first kappa shape index (κ1) is 11.8. The van der Waals surface area contributed by atoms with E-state index in [4.69, 9.17) is 0 Å². The van der Waals surface area contributed by atoms with Crippen LogP contribution in [0.2, 0.25) is 0 Å². The summed E-state index contributed by atoms with van der Waals surface area (Å²) in [6.45, 7) is 8.48. The maximum atomic E-state index is 12.2. The number of rotatable bonds is 2. The maximum Gasteiger partial charge on any atom is 0.175 e. The Labute approximate surface area is 98.7 Å². The van der Waals surface area contributed by atoms with E-state index in [0.717, 1.165) is 12.5 Å². The van der Waals surface area contributed by atoms with Gasteiger partial charge in [-0.1, -0.05) is 25.8 Å². The molecule has 3 atom stereocenters. The second-order valence-corrected chi connectivity index (χ2v) is 5.39. The first-order valence-electron chi connectivity index (χ1n) is 6.36. The van der Waals surface area contributed by atoms with Gasteiger partial charge in [-0.05, 0) is 50.8 Å². The van der Waals surface area contributed by atoms with Gasteiger partial charge in [-0.2, -0.15) is 0 Å². The molecular formula is C14H22NO. The van der Waals surface area contributed by atoms with E-state index >= 15 is 0 Å². The second-order valence-electron chi connectivity index (χ2n) is 5.39. The number of hydrogen-bond acceptors (Lipinski definition) is 2. The summed E-state index contributed by atoms with van der Waals surface area (Å²) >= 11 is 0. The Morgan fingerprint density at radius 3 is 2.62 bits per heavy atom. The molecule has 2 fully saturated rings. The van der Waals surface area contributed by atoms with Crippen molar-refractivity contribution >= 4 is 5.78 Å². The molecule has 2 heteroatoms. The van der Waals surface area contributed by atoms with Crippen molar-refractivity contribution in [2.45, 2.75) is 38.1 Å². The van der Waals surface area contributed by atoms with Gasteiger partial charge in [0.15, 0.2) is 5.78 Å². The summed E-state index contributed by atoms with van der Waals surface area (Å²) in [5.74, 6) is 1.48. The monoisotopic (exact) mass is 220 g/mol. The molecule has 1 saturated carbocycles. The minimum atomic E-state index is 0.0593. The third kappa shape index (κ3) is 2.08. The summed E-state index contributed by atoms with van der Waals surface area (Å²) in [5, 5.41) is 0. The number of likely N-dealkylation sites (N-methyl/N-ethyl adjacent to an activating group) is 1. The number of ketones is 1. The van der Waals surface area contributed by atoms with Crippen molar-refractivity contribution in [1.82, 2.24) is 4.90 Å². The fraction of sp³-hybridized carbons (Fsp3) is 0.714. The molecule has 1 aliphatic heterocycles. The summed E-state index contributed by atoms with van der Waals surface area (Å²) in [6.07, 6.45) is 6.40. The third-order valence-electron chi connectivity index (χ3n) is 4.32. The van der Waals surface area contributed by atoms with E-state index in [1.165, 1.54) is 32.1 Å². The molecule has 1 heterocycles. The molecule has 2 rings (SSSR count). The van der Waals surface area contributed by atoms with Crippen LogP contribution in [0, 0.1) is 18.8 Å². The predicted molar refractivity (Wildman–Crippen MR) is 66.0 cm³/mol. The second kappa shape index (κ2) is 4.70. The SMILES string of the molecule is [CH2]C(=C)C(=O)C1C2CCCCC2CCN1C. The highest BCUT2D eigenvalue weighted by atomic mass is 16.1. The topological polar surface area (TPSA) is 20.3 Å². The van der Waals surface area contributed by atoms with Gasteiger partial charge in [-0.25, -0.2) is 0 Å². The van der Waals surface area contributed by atoms with Gasteiger partial charge in [-0.3, -0.25) is 9.69 Å². The maximum absolute atomic E-state index is 12.2. The Balaban J connectivity index is 2.17. The summed E-state index contributed by atoms with van der Waals surface area (Å²) < 4.78 is 0. The van der Waals surface area contributed by atoms with Crippen LogP contribution >= 0.6 is 0 Å². The van der Waals surface area contributed by atoms with E-state index in [1.807, 2.05) is 0 Å². The quantitative estimate of drug-likeness (QED) is 0.666. The number of Topliss-reactive ketones (excluding diaryl/α,β-unsaturated/α-hetero) is 1. The van der Waals surface area contributed by atoms with Crippen LogP contribution in [-0.4, -0.2) is 30.3 Å². The molecule has 89 valence electrons. The molecule has 1 radical (unpaired) electrons. The molecule has 0 amide bonds. The van der Waals surface area contributed by atoms with E-state index in [-0.39, 0.29) is 11.8 Å². The zero-order chi connectivity index (χ0) is 11.7. The van der Waals surface area contributed by atoms with Gasteiger partial charge in [0.1, 0.15) is 0 Å². The molecule has 0 N–H and O–H groups in total. The molecule has 0 bridgehead atoms. The zero-order valence-electron chi connectivity index (χ0n) is 10.2. The highest BCUT2D eigenvalue weighted by molar-refractivity contribution is 6.00. The van der Waals surface area contributed by atoms with Gasteiger partial charge >= 0.3 is 0 Å². The first-order chi connectivity index (χ1) is 7.61. The third-order valence-corrected chi connectivity index (χ3v) is 4.32. The van der Waals surface area contributed by atoms with Gasteiger partial charge in [0.2, 0.25) is 0 Å². The molecule has 2 aliphatic rings. The number of nitrogens with zero attached hydrogens (tertiary/aromatic N) is 1. The molecule has 1 saturated heterocycles. The van der Waals surface area contributed by atoms with Crippen LogP contribution in [0.15, 0.2) is 12.2 Å². The van der Waals surface area contributed by atoms with Crippen molar-refractivity contribution < 1.29 is 4.79 Å². The van der Waals surface area contributed by atoms with E-state index in [0.29, 0.717) is 11.5 Å². The Morgan fingerprint density at radius 1 is 1.25 bits per heavy atom. The van der Waals surface area contributed by atoms with Gasteiger partial charge in [0.25, 0.3) is 0 Å². The van der Waals surface area contributed by atoms with Gasteiger partial charge in [0, 0.05) is 0 Å². The van der Waals surface area contributed by atoms with E-state index in [1.54, 1.807) is 0 Å². The van der Waals surface area contributed by atoms with Crippen LogP contribution in [0.4, 0.5) is 0 Å². The number of hydrogen-bond donors (Lipinski definition) is 0. The lowest BCUT2D eigenvalue weighted by molar-refractivity contribution is -0.125. The van der Waals surface area contributed by atoms with E-state index in [9.17, 15) is 4.79 Å². The van der Waals surface area contributed by atoms with Gasteiger partial charge in [0.05, 0.1) is 6.04 Å². The molecule has 3 unspecified atom stereocenters. The highest BCUT2D eigenvalue weighted by Gasteiger charge is 2.41. The zero-order valence-corrected chi connectivity index (χ0v) is 10.2. The minimum absolute atomic E-state index is 0.0593. The van der Waals surface area contributed by atoms with Crippen LogP contribution in [0.3, 0.4) is 0 Å². The van der Waals surface area contributed by atoms with Crippen LogP contribution in [-0.2, 0) is 4.79 Å². The average Bonchev–Trinajstić information content (AvgIpc) is 2.28. The number of piperidine rings is 1. The molecule has 0 aromatic heterocycles. The average molecular weight is 220 g/mol. The number of fused-ring (bicyclic) bond motifs is 1. The Hall–Kier alpha value is -0.630. The summed E-state index contributed by atoms with van der Waals surface area (Å²) in [6, 6.07) is 0.0593. The molecule has 2 nitrogen and oxygen atoms in total. The molecule has 0 aromatic rings. The van der Waals surface area contributed by atoms with E-state index in [2.05, 4.69) is 25.5 Å². The number of likely N-dealkylation sites (tertiary alicyclic amines) is 1. The fourth-order valence-electron chi connectivity index (χ4n) is 3.45. The van der Waals surface area contributed by atoms with Gasteiger partial charge < -0.3 is 0 Å². The van der Waals surface area contributed by atoms with Crippen LogP contribution in [0.5, 0.6) is 0 Å². The van der Waals surface area contributed by atoms with Crippen molar-refractivity contribution in [2.75, 3.05) is 13.6 Å². The Bertz CT molecular complexity index is 297. The van der Waals surface area contributed by atoms with Crippen molar-refractivity contribution in [1.29, 1.82) is 0 Å². The van der Waals surface area contributed by atoms with Crippen molar-refractivity contribution in [3.8, 4) is 0 Å². The Morgan fingerprint density at radius 2 is 1.94 bits per heavy atom. The molecule has 0 spiro atoms. The normalized spacial score (nSPS) is 35.5. The van der Waals surface area contributed by atoms with Gasteiger partial charge in [-0.15, -0.1) is 0 Å². The van der Waals surface area contributed by atoms with Crippen molar-refractivity contribution in [2.24, 2.45) is 11.8 Å². The Kier molecular flexibility index (Phi) is 3.48. The standard InChI is InChI=1S/C14H22NO/c1-10(2)14(16)13-12-7-5-4-6-11(12)8-9-15(13)3/h11-13H,1-2,4-9H2,3H3. The largest absolute Gasteiger partial charge is 0.296 e. The molecule has 1 aliphatic carbocycles.